The van der Waals surface area contributed by atoms with Crippen LogP contribution in [0.2, 0.25) is 0 Å². The zero-order valence-electron chi connectivity index (χ0n) is 22.2. The lowest BCUT2D eigenvalue weighted by Crippen LogP contribution is -2.42. The number of nitro groups is 1. The number of ether oxygens (including phenoxy) is 2. The fourth-order valence-corrected chi connectivity index (χ4v) is 6.61. The van der Waals surface area contributed by atoms with Gasteiger partial charge in [0, 0.05) is 10.9 Å². The minimum absolute atomic E-state index is 0.209. The van der Waals surface area contributed by atoms with Gasteiger partial charge < -0.3 is 20.3 Å². The van der Waals surface area contributed by atoms with Crippen molar-refractivity contribution in [3.63, 3.8) is 0 Å². The molecule has 4 N–H and O–H groups in total. The maximum Gasteiger partial charge on any atom is 0.406 e. The molecule has 0 aromatic carbocycles. The number of hydrogen-bond acceptors (Lipinski definition) is 14. The molecule has 2 aromatic rings. The number of halogens is 2. The van der Waals surface area contributed by atoms with Crippen LogP contribution in [-0.4, -0.2) is 67.4 Å². The van der Waals surface area contributed by atoms with E-state index in [2.05, 4.69) is 15.1 Å². The number of anilines is 1. The van der Waals surface area contributed by atoms with Crippen molar-refractivity contribution < 1.29 is 46.7 Å². The number of thiophene rings is 1. The first-order chi connectivity index (χ1) is 19.8. The number of nitrogen functional groups attached to an aromatic ring is 1. The number of carbonyl (C=O) groups is 1. The van der Waals surface area contributed by atoms with Crippen molar-refractivity contribution >= 4 is 36.0 Å². The molecule has 42 heavy (non-hydrogen) atoms. The van der Waals surface area contributed by atoms with E-state index in [0.29, 0.717) is 23.7 Å². The van der Waals surface area contributed by atoms with Gasteiger partial charge in [-0.15, -0.1) is 0 Å². The molecule has 1 saturated heterocycles. The number of hydrogen-bond donors (Lipinski definition) is 3. The van der Waals surface area contributed by atoms with Crippen LogP contribution < -0.4 is 16.5 Å². The molecule has 1 aliphatic heterocycles. The first-order valence-electron chi connectivity index (χ1n) is 12.8. The van der Waals surface area contributed by atoms with E-state index in [9.17, 15) is 38.2 Å². The van der Waals surface area contributed by atoms with Crippen LogP contribution in [0.5, 0.6) is 0 Å². The van der Waals surface area contributed by atoms with Crippen LogP contribution in [-0.2, 0) is 34.5 Å². The van der Waals surface area contributed by atoms with E-state index in [1.54, 1.807) is 0 Å². The SMILES string of the molecule is C[C@H](NP(=O)(OCc1ccc([N+](=O)[O-])s1)OC[C@H]1O[C@@H](n2cnc(N)nc2=O)C(F)(F)C1O)C(=O)OC1CCCCC1. The molecule has 2 unspecified atom stereocenters. The second-order valence-corrected chi connectivity index (χ2v) is 12.6. The maximum absolute atomic E-state index is 14.9. The van der Waals surface area contributed by atoms with Crippen molar-refractivity contribution in [2.75, 3.05) is 12.3 Å². The van der Waals surface area contributed by atoms with Crippen molar-refractivity contribution in [1.29, 1.82) is 0 Å². The lowest BCUT2D eigenvalue weighted by molar-refractivity contribution is -0.380. The Balaban J connectivity index is 1.47. The fourth-order valence-electron chi connectivity index (χ4n) is 4.34. The third-order valence-electron chi connectivity index (χ3n) is 6.53. The lowest BCUT2D eigenvalue weighted by Gasteiger charge is -2.26. The van der Waals surface area contributed by atoms with Gasteiger partial charge in [-0.05, 0) is 38.7 Å². The third-order valence-corrected chi connectivity index (χ3v) is 9.20. The summed E-state index contributed by atoms with van der Waals surface area (Å²) >= 11 is 0.737. The highest BCUT2D eigenvalue weighted by atomic mass is 32.1. The standard InChI is InChI=1S/C22H29F2N6O10PS/c1-12(18(32)39-13-5-3-2-4-6-13)28-41(36,37-9-14-7-8-16(42-14)30(34)35)38-10-15-17(31)22(23,24)19(40-15)29-11-26-20(25)27-21(29)33/h7-8,11-13,15,17,19,31H,2-6,9-10H2,1H3,(H,28,36)(H2,25,27,33)/t12-,15+,17?,19+,41?/m0/s1. The summed E-state index contributed by atoms with van der Waals surface area (Å²) in [6, 6.07) is 1.32. The number of nitrogens with two attached hydrogens (primary N) is 1. The van der Waals surface area contributed by atoms with Gasteiger partial charge >= 0.3 is 30.3 Å². The zero-order valence-corrected chi connectivity index (χ0v) is 23.9. The highest BCUT2D eigenvalue weighted by Gasteiger charge is 2.60. The Bertz CT molecular complexity index is 1390. The van der Waals surface area contributed by atoms with E-state index in [1.165, 1.54) is 19.1 Å². The molecule has 232 valence electrons. The first kappa shape index (κ1) is 32.0. The zero-order chi connectivity index (χ0) is 30.7. The van der Waals surface area contributed by atoms with Crippen LogP contribution in [0.3, 0.4) is 0 Å². The lowest BCUT2D eigenvalue weighted by atomic mass is 9.98. The minimum Gasteiger partial charge on any atom is -0.461 e. The predicted molar refractivity (Wildman–Crippen MR) is 140 cm³/mol. The predicted octanol–water partition coefficient (Wildman–Crippen LogP) is 2.28. The summed E-state index contributed by atoms with van der Waals surface area (Å²) in [6.07, 6.45) is -2.20. The molecule has 5 atom stereocenters. The summed E-state index contributed by atoms with van der Waals surface area (Å²) < 4.78 is 65.2. The number of nitrogens with zero attached hydrogens (tertiary/aromatic N) is 4. The van der Waals surface area contributed by atoms with Crippen LogP contribution in [0, 0.1) is 10.1 Å². The average Bonchev–Trinajstić information content (AvgIpc) is 3.50. The Morgan fingerprint density at radius 3 is 2.74 bits per heavy atom. The van der Waals surface area contributed by atoms with E-state index in [-0.39, 0.29) is 16.0 Å². The highest BCUT2D eigenvalue weighted by Crippen LogP contribution is 2.48. The van der Waals surface area contributed by atoms with Crippen LogP contribution in [0.1, 0.15) is 50.1 Å². The summed E-state index contributed by atoms with van der Waals surface area (Å²) in [6.45, 7) is -0.0888. The molecule has 2 fully saturated rings. The number of carbonyl (C=O) groups excluding carboxylic acids is 1. The molecule has 20 heteroatoms. The molecular formula is C22H29F2N6O10PS. The van der Waals surface area contributed by atoms with Gasteiger partial charge in [-0.3, -0.25) is 24.0 Å². The quantitative estimate of drug-likeness (QED) is 0.131. The Labute approximate surface area is 240 Å². The largest absolute Gasteiger partial charge is 0.461 e. The van der Waals surface area contributed by atoms with Crippen LogP contribution in [0.15, 0.2) is 23.3 Å². The smallest absolute Gasteiger partial charge is 0.406 e. The molecule has 2 aliphatic rings. The van der Waals surface area contributed by atoms with E-state index in [0.717, 1.165) is 30.6 Å². The van der Waals surface area contributed by atoms with E-state index < -0.39 is 73.9 Å². The van der Waals surface area contributed by atoms with Gasteiger partial charge in [-0.25, -0.2) is 24.0 Å². The van der Waals surface area contributed by atoms with Gasteiger partial charge in [0.2, 0.25) is 12.2 Å². The average molecular weight is 639 g/mol. The minimum atomic E-state index is -4.55. The summed E-state index contributed by atoms with van der Waals surface area (Å²) in [5.41, 5.74) is 4.08. The summed E-state index contributed by atoms with van der Waals surface area (Å²) in [5.74, 6) is -5.26. The Morgan fingerprint density at radius 2 is 2.10 bits per heavy atom. The molecule has 1 saturated carbocycles. The fraction of sp³-hybridized carbons (Fsp3) is 0.636. The van der Waals surface area contributed by atoms with Gasteiger partial charge in [0.25, 0.3) is 0 Å². The van der Waals surface area contributed by atoms with Gasteiger partial charge in [0.15, 0.2) is 6.10 Å². The van der Waals surface area contributed by atoms with Crippen molar-refractivity contribution in [2.24, 2.45) is 0 Å². The van der Waals surface area contributed by atoms with Crippen molar-refractivity contribution in [3.8, 4) is 0 Å². The topological polar surface area (TPSA) is 220 Å². The molecule has 16 nitrogen and oxygen atoms in total. The van der Waals surface area contributed by atoms with Crippen molar-refractivity contribution in [2.45, 2.75) is 82.1 Å². The molecule has 0 amide bonds. The molecular weight excluding hydrogens is 609 g/mol. The number of aliphatic hydroxyl groups is 1. The second-order valence-electron chi connectivity index (χ2n) is 9.66. The second kappa shape index (κ2) is 13.2. The number of aliphatic hydroxyl groups excluding tert-OH is 1. The van der Waals surface area contributed by atoms with Gasteiger partial charge in [-0.1, -0.05) is 17.8 Å². The van der Waals surface area contributed by atoms with E-state index >= 15 is 0 Å². The summed E-state index contributed by atoms with van der Waals surface area (Å²) in [5, 5.41) is 23.5. The highest BCUT2D eigenvalue weighted by molar-refractivity contribution is 7.51. The van der Waals surface area contributed by atoms with E-state index in [4.69, 9.17) is 24.3 Å². The number of alkyl halides is 2. The van der Waals surface area contributed by atoms with Gasteiger partial charge in [0.1, 0.15) is 24.6 Å². The Hall–Kier alpha value is -2.93. The number of rotatable bonds is 12. The molecule has 3 heterocycles. The van der Waals surface area contributed by atoms with Crippen LogP contribution in [0.4, 0.5) is 19.7 Å². The maximum atomic E-state index is 14.9. The normalized spacial score (nSPS) is 24.6. The van der Waals surface area contributed by atoms with Crippen LogP contribution in [0.25, 0.3) is 0 Å². The molecule has 4 rings (SSSR count). The van der Waals surface area contributed by atoms with E-state index in [1.807, 2.05) is 0 Å². The third kappa shape index (κ3) is 7.52. The Morgan fingerprint density at radius 1 is 1.38 bits per heavy atom. The van der Waals surface area contributed by atoms with Crippen molar-refractivity contribution in [3.05, 3.63) is 43.9 Å². The molecule has 0 radical (unpaired) electrons. The van der Waals surface area contributed by atoms with Crippen LogP contribution >= 0.6 is 19.1 Å². The molecule has 0 spiro atoms. The van der Waals surface area contributed by atoms with Crippen molar-refractivity contribution in [1.82, 2.24) is 19.6 Å². The molecule has 0 bridgehead atoms. The monoisotopic (exact) mass is 638 g/mol. The number of aromatic nitrogens is 3. The summed E-state index contributed by atoms with van der Waals surface area (Å²) in [7, 11) is -4.55. The molecule has 2 aromatic heterocycles. The number of nitrogens with one attached hydrogen (secondary N) is 1. The first-order valence-corrected chi connectivity index (χ1v) is 15.2. The number of esters is 1. The van der Waals surface area contributed by atoms with Gasteiger partial charge in [0.05, 0.1) is 18.1 Å². The van der Waals surface area contributed by atoms with Gasteiger partial charge in [-0.2, -0.15) is 13.8 Å². The Kier molecular flexibility index (Phi) is 10.0. The molecule has 1 aliphatic carbocycles. The summed E-state index contributed by atoms with van der Waals surface area (Å²) in [4.78, 5) is 42.2.